The molecule has 0 bridgehead atoms. The first kappa shape index (κ1) is 12.2. The van der Waals surface area contributed by atoms with Crippen molar-refractivity contribution in [2.24, 2.45) is 17.6 Å². The van der Waals surface area contributed by atoms with Crippen molar-refractivity contribution < 1.29 is 4.42 Å². The van der Waals surface area contributed by atoms with Crippen LogP contribution in [0.25, 0.3) is 0 Å². The fourth-order valence-electron chi connectivity index (χ4n) is 2.81. The molecule has 3 atom stereocenters. The van der Waals surface area contributed by atoms with Crippen molar-refractivity contribution in [2.45, 2.75) is 38.1 Å². The van der Waals surface area contributed by atoms with Gasteiger partial charge in [-0.15, -0.1) is 0 Å². The third kappa shape index (κ3) is 2.47. The van der Waals surface area contributed by atoms with Crippen molar-refractivity contribution >= 4 is 0 Å². The molecule has 18 heavy (non-hydrogen) atoms. The Morgan fingerprint density at radius 2 is 2.17 bits per heavy atom. The van der Waals surface area contributed by atoms with Crippen molar-refractivity contribution in [1.82, 2.24) is 4.90 Å². The third-order valence-electron chi connectivity index (χ3n) is 4.45. The van der Waals surface area contributed by atoms with Crippen LogP contribution in [-0.4, -0.2) is 25.0 Å². The van der Waals surface area contributed by atoms with Gasteiger partial charge in [0.25, 0.3) is 0 Å². The van der Waals surface area contributed by atoms with Gasteiger partial charge in [0, 0.05) is 19.0 Å². The Balaban J connectivity index is 1.67. The molecular formula is C15H24N2O. The molecule has 1 heterocycles. The SMILES string of the molecule is CC1CC1c1ccc(C(CN)N(C)CC2CC2)o1. The van der Waals surface area contributed by atoms with E-state index < -0.39 is 0 Å². The number of rotatable bonds is 6. The Morgan fingerprint density at radius 1 is 1.44 bits per heavy atom. The van der Waals surface area contributed by atoms with Gasteiger partial charge in [-0.25, -0.2) is 0 Å². The topological polar surface area (TPSA) is 42.4 Å². The Labute approximate surface area is 109 Å². The normalized spacial score (nSPS) is 28.7. The molecule has 3 heteroatoms. The maximum Gasteiger partial charge on any atom is 0.122 e. The van der Waals surface area contributed by atoms with E-state index in [-0.39, 0.29) is 6.04 Å². The van der Waals surface area contributed by atoms with Crippen molar-refractivity contribution in [3.05, 3.63) is 23.7 Å². The minimum atomic E-state index is 0.244. The van der Waals surface area contributed by atoms with Gasteiger partial charge in [0.05, 0.1) is 6.04 Å². The highest BCUT2D eigenvalue weighted by Gasteiger charge is 2.37. The van der Waals surface area contributed by atoms with Crippen LogP contribution < -0.4 is 5.73 Å². The van der Waals surface area contributed by atoms with E-state index >= 15 is 0 Å². The zero-order valence-electron chi connectivity index (χ0n) is 11.4. The fourth-order valence-corrected chi connectivity index (χ4v) is 2.81. The largest absolute Gasteiger partial charge is 0.464 e. The van der Waals surface area contributed by atoms with Crippen LogP contribution in [0.15, 0.2) is 16.5 Å². The van der Waals surface area contributed by atoms with E-state index in [1.807, 2.05) is 0 Å². The highest BCUT2D eigenvalue weighted by Crippen LogP contribution is 2.47. The smallest absolute Gasteiger partial charge is 0.122 e. The van der Waals surface area contributed by atoms with Gasteiger partial charge in [-0.05, 0) is 50.3 Å². The Kier molecular flexibility index (Phi) is 3.20. The average Bonchev–Trinajstić information content (AvgIpc) is 3.23. The lowest BCUT2D eigenvalue weighted by Crippen LogP contribution is -2.31. The lowest BCUT2D eigenvalue weighted by molar-refractivity contribution is 0.210. The van der Waals surface area contributed by atoms with Crippen molar-refractivity contribution in [2.75, 3.05) is 20.1 Å². The second kappa shape index (κ2) is 4.71. The molecule has 3 rings (SSSR count). The summed E-state index contributed by atoms with van der Waals surface area (Å²) in [6.07, 6.45) is 4.04. The summed E-state index contributed by atoms with van der Waals surface area (Å²) in [7, 11) is 2.16. The van der Waals surface area contributed by atoms with Crippen LogP contribution >= 0.6 is 0 Å². The molecule has 100 valence electrons. The molecule has 3 nitrogen and oxygen atoms in total. The van der Waals surface area contributed by atoms with Gasteiger partial charge in [-0.2, -0.15) is 0 Å². The zero-order valence-corrected chi connectivity index (χ0v) is 11.4. The van der Waals surface area contributed by atoms with Gasteiger partial charge in [0.1, 0.15) is 11.5 Å². The molecule has 0 aliphatic heterocycles. The van der Waals surface area contributed by atoms with Gasteiger partial charge in [0.15, 0.2) is 0 Å². The van der Waals surface area contributed by atoms with E-state index in [1.54, 1.807) is 0 Å². The average molecular weight is 248 g/mol. The summed E-state index contributed by atoms with van der Waals surface area (Å²) in [4.78, 5) is 2.36. The van der Waals surface area contributed by atoms with Gasteiger partial charge in [-0.1, -0.05) is 6.92 Å². The Bertz CT molecular complexity index is 410. The number of nitrogens with zero attached hydrogens (tertiary/aromatic N) is 1. The maximum atomic E-state index is 6.03. The first-order chi connectivity index (χ1) is 8.69. The summed E-state index contributed by atoms with van der Waals surface area (Å²) in [6, 6.07) is 4.52. The predicted octanol–water partition coefficient (Wildman–Crippen LogP) is 2.74. The second-order valence-corrected chi connectivity index (χ2v) is 6.19. The molecule has 1 aromatic rings. The van der Waals surface area contributed by atoms with Crippen LogP contribution in [0, 0.1) is 11.8 Å². The monoisotopic (exact) mass is 248 g/mol. The summed E-state index contributed by atoms with van der Waals surface area (Å²) in [6.45, 7) is 4.07. The molecule has 0 saturated heterocycles. The molecule has 2 fully saturated rings. The van der Waals surface area contributed by atoms with E-state index in [2.05, 4.69) is 31.0 Å². The van der Waals surface area contributed by atoms with E-state index in [9.17, 15) is 0 Å². The highest BCUT2D eigenvalue weighted by atomic mass is 16.3. The van der Waals surface area contributed by atoms with E-state index in [0.717, 1.165) is 29.9 Å². The van der Waals surface area contributed by atoms with Crippen LogP contribution in [-0.2, 0) is 0 Å². The van der Waals surface area contributed by atoms with E-state index in [0.29, 0.717) is 12.5 Å². The van der Waals surface area contributed by atoms with Gasteiger partial charge in [-0.3, -0.25) is 4.90 Å². The summed E-state index contributed by atoms with van der Waals surface area (Å²) in [5.41, 5.74) is 5.93. The van der Waals surface area contributed by atoms with Gasteiger partial charge < -0.3 is 10.2 Å². The van der Waals surface area contributed by atoms with Crippen molar-refractivity contribution in [1.29, 1.82) is 0 Å². The molecule has 0 radical (unpaired) electrons. The van der Waals surface area contributed by atoms with E-state index in [4.69, 9.17) is 10.2 Å². The van der Waals surface area contributed by atoms with Crippen molar-refractivity contribution in [3.8, 4) is 0 Å². The number of hydrogen-bond acceptors (Lipinski definition) is 3. The van der Waals surface area contributed by atoms with Crippen LogP contribution in [0.4, 0.5) is 0 Å². The number of likely N-dealkylation sites (N-methyl/N-ethyl adjacent to an activating group) is 1. The van der Waals surface area contributed by atoms with Crippen molar-refractivity contribution in [3.63, 3.8) is 0 Å². The molecule has 3 unspecified atom stereocenters. The molecule has 1 aromatic heterocycles. The van der Waals surface area contributed by atoms with Crippen LogP contribution in [0.2, 0.25) is 0 Å². The summed E-state index contributed by atoms with van der Waals surface area (Å²) in [5.74, 6) is 4.56. The minimum absolute atomic E-state index is 0.244. The number of hydrogen-bond donors (Lipinski definition) is 1. The van der Waals surface area contributed by atoms with Gasteiger partial charge >= 0.3 is 0 Å². The summed E-state index contributed by atoms with van der Waals surface area (Å²) < 4.78 is 6.03. The second-order valence-electron chi connectivity index (χ2n) is 6.19. The van der Waals surface area contributed by atoms with E-state index in [1.165, 1.54) is 19.3 Å². The van der Waals surface area contributed by atoms with Crippen LogP contribution in [0.5, 0.6) is 0 Å². The standard InChI is InChI=1S/C15H24N2O/c1-10-7-12(10)14-5-6-15(18-14)13(8-16)17(2)9-11-3-4-11/h5-6,10-13H,3-4,7-9,16H2,1-2H3. The highest BCUT2D eigenvalue weighted by molar-refractivity contribution is 5.19. The summed E-state index contributed by atoms with van der Waals surface area (Å²) >= 11 is 0. The molecule has 0 spiro atoms. The molecule has 2 saturated carbocycles. The lowest BCUT2D eigenvalue weighted by atomic mass is 10.2. The number of furan rings is 1. The Hall–Kier alpha value is -0.800. The fraction of sp³-hybridized carbons (Fsp3) is 0.733. The van der Waals surface area contributed by atoms with Gasteiger partial charge in [0.2, 0.25) is 0 Å². The van der Waals surface area contributed by atoms with Crippen LogP contribution in [0.3, 0.4) is 0 Å². The summed E-state index contributed by atoms with van der Waals surface area (Å²) in [5, 5.41) is 0. The quantitative estimate of drug-likeness (QED) is 0.841. The third-order valence-corrected chi connectivity index (χ3v) is 4.45. The minimum Gasteiger partial charge on any atom is -0.464 e. The predicted molar refractivity (Wildman–Crippen MR) is 72.4 cm³/mol. The molecule has 2 N–H and O–H groups in total. The first-order valence-electron chi connectivity index (χ1n) is 7.19. The van der Waals surface area contributed by atoms with Crippen LogP contribution in [0.1, 0.15) is 49.7 Å². The molecule has 0 amide bonds. The molecular weight excluding hydrogens is 224 g/mol. The zero-order chi connectivity index (χ0) is 12.7. The first-order valence-corrected chi connectivity index (χ1v) is 7.19. The lowest BCUT2D eigenvalue weighted by Gasteiger charge is -2.25. The Morgan fingerprint density at radius 3 is 2.72 bits per heavy atom. The maximum absolute atomic E-state index is 6.03. The molecule has 2 aliphatic rings. The number of nitrogens with two attached hydrogens (primary N) is 1. The molecule has 0 aromatic carbocycles. The molecule has 2 aliphatic carbocycles.